The second-order valence-corrected chi connectivity index (χ2v) is 5.63. The lowest BCUT2D eigenvalue weighted by molar-refractivity contribution is 0.102. The molecule has 0 unspecified atom stereocenters. The van der Waals surface area contributed by atoms with Crippen molar-refractivity contribution in [3.05, 3.63) is 94.2 Å². The summed E-state index contributed by atoms with van der Waals surface area (Å²) in [6, 6.07) is 16.1. The summed E-state index contributed by atoms with van der Waals surface area (Å²) >= 11 is 0. The number of carbonyl (C=O) groups is 1. The molecule has 26 heavy (non-hydrogen) atoms. The van der Waals surface area contributed by atoms with Gasteiger partial charge in [-0.15, -0.1) is 0 Å². The van der Waals surface area contributed by atoms with Crippen LogP contribution in [0, 0.1) is 5.82 Å². The van der Waals surface area contributed by atoms with Crippen LogP contribution >= 0.6 is 0 Å². The number of carbonyl (C=O) groups excluding carboxylic acids is 1. The Labute approximate surface area is 149 Å². The average Bonchev–Trinajstić information content (AvgIpc) is 2.65. The number of nitrogens with zero attached hydrogens (tertiary/aromatic N) is 1. The molecule has 0 atom stereocenters. The van der Waals surface area contributed by atoms with Gasteiger partial charge in [-0.1, -0.05) is 24.3 Å². The molecular formula is C20H17FN2O3. The molecule has 3 rings (SSSR count). The zero-order chi connectivity index (χ0) is 18.5. The van der Waals surface area contributed by atoms with E-state index in [2.05, 4.69) is 5.32 Å². The van der Waals surface area contributed by atoms with Gasteiger partial charge in [0, 0.05) is 23.5 Å². The van der Waals surface area contributed by atoms with Gasteiger partial charge in [0.2, 0.25) is 0 Å². The van der Waals surface area contributed by atoms with Crippen LogP contribution in [0.2, 0.25) is 0 Å². The van der Waals surface area contributed by atoms with Crippen LogP contribution in [0.4, 0.5) is 10.1 Å². The van der Waals surface area contributed by atoms with Crippen molar-refractivity contribution >= 4 is 11.6 Å². The number of benzene rings is 2. The van der Waals surface area contributed by atoms with Gasteiger partial charge in [-0.25, -0.2) is 4.39 Å². The molecule has 1 N–H and O–H groups in total. The van der Waals surface area contributed by atoms with Gasteiger partial charge >= 0.3 is 0 Å². The molecule has 0 spiro atoms. The summed E-state index contributed by atoms with van der Waals surface area (Å²) in [5.74, 6) is -0.343. The van der Waals surface area contributed by atoms with Crippen molar-refractivity contribution in [2.24, 2.45) is 0 Å². The van der Waals surface area contributed by atoms with Crippen LogP contribution in [-0.4, -0.2) is 17.6 Å². The lowest BCUT2D eigenvalue weighted by Crippen LogP contribution is -2.29. The summed E-state index contributed by atoms with van der Waals surface area (Å²) in [6.07, 6.45) is 1.52. The fraction of sp³-hybridized carbons (Fsp3) is 0.100. The standard InChI is InChI=1S/C20H17FN2O3/c1-26-16-8-4-7-15(12-16)22-19(24)17-9-5-11-23(20(17)25)13-14-6-2-3-10-18(14)21/h2-12H,13H2,1H3,(H,22,24). The lowest BCUT2D eigenvalue weighted by Gasteiger charge is -2.10. The van der Waals surface area contributed by atoms with Crippen molar-refractivity contribution in [3.63, 3.8) is 0 Å². The van der Waals surface area contributed by atoms with E-state index in [0.717, 1.165) is 0 Å². The van der Waals surface area contributed by atoms with Gasteiger partial charge in [0.15, 0.2) is 0 Å². The zero-order valence-corrected chi connectivity index (χ0v) is 14.1. The van der Waals surface area contributed by atoms with Crippen LogP contribution in [0.25, 0.3) is 0 Å². The lowest BCUT2D eigenvalue weighted by atomic mass is 10.2. The largest absolute Gasteiger partial charge is 0.497 e. The van der Waals surface area contributed by atoms with E-state index in [4.69, 9.17) is 4.74 Å². The number of rotatable bonds is 5. The highest BCUT2D eigenvalue weighted by Gasteiger charge is 2.13. The number of methoxy groups -OCH3 is 1. The molecule has 1 amide bonds. The van der Waals surface area contributed by atoms with Gasteiger partial charge in [0.25, 0.3) is 11.5 Å². The minimum atomic E-state index is -0.536. The maximum atomic E-state index is 13.8. The van der Waals surface area contributed by atoms with Gasteiger partial charge in [0.05, 0.1) is 13.7 Å². The molecule has 1 heterocycles. The minimum absolute atomic E-state index is 0.0216. The van der Waals surface area contributed by atoms with E-state index < -0.39 is 17.3 Å². The first-order chi connectivity index (χ1) is 12.6. The van der Waals surface area contributed by atoms with Gasteiger partial charge in [-0.05, 0) is 30.3 Å². The molecule has 0 aliphatic rings. The quantitative estimate of drug-likeness (QED) is 0.766. The first-order valence-electron chi connectivity index (χ1n) is 7.97. The third kappa shape index (κ3) is 3.80. The van der Waals surface area contributed by atoms with Crippen LogP contribution in [-0.2, 0) is 6.54 Å². The summed E-state index contributed by atoms with van der Waals surface area (Å²) in [7, 11) is 1.53. The summed E-state index contributed by atoms with van der Waals surface area (Å²) in [5.41, 5.74) is 0.376. The van der Waals surface area contributed by atoms with Gasteiger partial charge in [-0.2, -0.15) is 0 Å². The Hall–Kier alpha value is -3.41. The molecule has 6 heteroatoms. The van der Waals surface area contributed by atoms with Crippen molar-refractivity contribution in [1.29, 1.82) is 0 Å². The Balaban J connectivity index is 1.85. The van der Waals surface area contributed by atoms with Crippen LogP contribution in [0.3, 0.4) is 0 Å². The molecule has 2 aromatic carbocycles. The van der Waals surface area contributed by atoms with E-state index in [1.54, 1.807) is 48.5 Å². The number of amides is 1. The van der Waals surface area contributed by atoms with Crippen molar-refractivity contribution in [3.8, 4) is 5.75 Å². The molecule has 0 saturated carbocycles. The highest BCUT2D eigenvalue weighted by molar-refractivity contribution is 6.04. The zero-order valence-electron chi connectivity index (χ0n) is 14.1. The third-order valence-corrected chi connectivity index (χ3v) is 3.89. The SMILES string of the molecule is COc1cccc(NC(=O)c2cccn(Cc3ccccc3F)c2=O)c1. The van der Waals surface area contributed by atoms with Crippen LogP contribution in [0.5, 0.6) is 5.75 Å². The third-order valence-electron chi connectivity index (χ3n) is 3.89. The number of ether oxygens (including phenoxy) is 1. The summed E-state index contributed by atoms with van der Waals surface area (Å²) in [5, 5.41) is 2.67. The Bertz CT molecular complexity index is 998. The number of nitrogens with one attached hydrogen (secondary N) is 1. The molecule has 3 aromatic rings. The normalized spacial score (nSPS) is 10.4. The molecule has 0 aliphatic heterocycles. The van der Waals surface area contributed by atoms with E-state index in [-0.39, 0.29) is 12.1 Å². The number of aromatic nitrogens is 1. The fourth-order valence-electron chi connectivity index (χ4n) is 2.54. The van der Waals surface area contributed by atoms with Crippen molar-refractivity contribution in [2.45, 2.75) is 6.54 Å². The Morgan fingerprint density at radius 2 is 1.92 bits per heavy atom. The van der Waals surface area contributed by atoms with E-state index in [9.17, 15) is 14.0 Å². The predicted octanol–water partition coefficient (Wildman–Crippen LogP) is 3.30. The predicted molar refractivity (Wildman–Crippen MR) is 97.2 cm³/mol. The Morgan fingerprint density at radius 3 is 2.69 bits per heavy atom. The monoisotopic (exact) mass is 352 g/mol. The summed E-state index contributed by atoms with van der Waals surface area (Å²) in [6.45, 7) is 0.0474. The number of halogens is 1. The number of hydrogen-bond donors (Lipinski definition) is 1. The minimum Gasteiger partial charge on any atom is -0.497 e. The van der Waals surface area contributed by atoms with Crippen molar-refractivity contribution in [1.82, 2.24) is 4.57 Å². The average molecular weight is 352 g/mol. The second-order valence-electron chi connectivity index (χ2n) is 5.63. The molecule has 0 fully saturated rings. The maximum Gasteiger partial charge on any atom is 0.263 e. The van der Waals surface area contributed by atoms with Crippen LogP contribution in [0.15, 0.2) is 71.7 Å². The molecule has 0 radical (unpaired) electrons. The fourth-order valence-corrected chi connectivity index (χ4v) is 2.54. The van der Waals surface area contributed by atoms with Crippen molar-refractivity contribution in [2.75, 3.05) is 12.4 Å². The van der Waals surface area contributed by atoms with E-state index in [1.165, 1.54) is 30.0 Å². The summed E-state index contributed by atoms with van der Waals surface area (Å²) < 4.78 is 20.2. The molecule has 0 bridgehead atoms. The second kappa shape index (κ2) is 7.65. The number of hydrogen-bond acceptors (Lipinski definition) is 3. The Morgan fingerprint density at radius 1 is 1.12 bits per heavy atom. The first-order valence-corrected chi connectivity index (χ1v) is 7.97. The molecular weight excluding hydrogens is 335 g/mol. The molecule has 0 aliphatic carbocycles. The topological polar surface area (TPSA) is 60.3 Å². The van der Waals surface area contributed by atoms with Gasteiger partial charge in [-0.3, -0.25) is 9.59 Å². The van der Waals surface area contributed by atoms with Crippen LogP contribution < -0.4 is 15.6 Å². The number of pyridine rings is 1. The van der Waals surface area contributed by atoms with Gasteiger partial charge < -0.3 is 14.6 Å². The molecule has 132 valence electrons. The highest BCUT2D eigenvalue weighted by Crippen LogP contribution is 2.17. The van der Waals surface area contributed by atoms with Gasteiger partial charge in [0.1, 0.15) is 17.1 Å². The van der Waals surface area contributed by atoms with Crippen molar-refractivity contribution < 1.29 is 13.9 Å². The Kier molecular flexibility index (Phi) is 5.12. The van der Waals surface area contributed by atoms with E-state index in [1.807, 2.05) is 0 Å². The first kappa shape index (κ1) is 17.4. The molecule has 5 nitrogen and oxygen atoms in total. The molecule has 0 saturated heterocycles. The summed E-state index contributed by atoms with van der Waals surface area (Å²) in [4.78, 5) is 25.1. The van der Waals surface area contributed by atoms with E-state index >= 15 is 0 Å². The van der Waals surface area contributed by atoms with E-state index in [0.29, 0.717) is 17.0 Å². The number of anilines is 1. The maximum absolute atomic E-state index is 13.8. The molecule has 1 aromatic heterocycles. The highest BCUT2D eigenvalue weighted by atomic mass is 19.1. The van der Waals surface area contributed by atoms with Crippen LogP contribution in [0.1, 0.15) is 15.9 Å². The smallest absolute Gasteiger partial charge is 0.263 e.